The molecule has 6 N–H and O–H groups in total. The van der Waals surface area contributed by atoms with Gasteiger partial charge in [-0.05, 0) is 70.0 Å². The molecule has 0 saturated heterocycles. The van der Waals surface area contributed by atoms with Crippen molar-refractivity contribution in [2.75, 3.05) is 6.61 Å². The summed E-state index contributed by atoms with van der Waals surface area (Å²) in [7, 11) is 0. The zero-order chi connectivity index (χ0) is 34.1. The molecule has 11 nitrogen and oxygen atoms in total. The molecule has 0 aliphatic heterocycles. The van der Waals surface area contributed by atoms with Crippen molar-refractivity contribution in [1.82, 2.24) is 16.0 Å². The van der Waals surface area contributed by atoms with Gasteiger partial charge in [0.15, 0.2) is 5.54 Å². The quantitative estimate of drug-likeness (QED) is 0.168. The first kappa shape index (κ1) is 36.4. The first-order valence-electron chi connectivity index (χ1n) is 14.4. The average molecular weight is 624 g/mol. The van der Waals surface area contributed by atoms with E-state index in [0.717, 1.165) is 0 Å². The number of nitrogens with one attached hydrogen (secondary N) is 3. The number of nitrogens with zero attached hydrogens (tertiary/aromatic N) is 1. The van der Waals surface area contributed by atoms with Gasteiger partial charge in [0.2, 0.25) is 17.7 Å². The highest BCUT2D eigenvalue weighted by atomic mass is 19.1. The van der Waals surface area contributed by atoms with Gasteiger partial charge in [-0.25, -0.2) is 4.39 Å². The molecule has 12 heteroatoms. The molecule has 0 radical (unpaired) electrons. The van der Waals surface area contributed by atoms with E-state index in [1.807, 2.05) is 6.07 Å². The number of amides is 4. The van der Waals surface area contributed by atoms with Crippen LogP contribution in [-0.4, -0.2) is 52.5 Å². The molecule has 3 atom stereocenters. The highest BCUT2D eigenvalue weighted by Crippen LogP contribution is 2.26. The summed E-state index contributed by atoms with van der Waals surface area (Å²) in [5.74, 6) is -5.84. The third kappa shape index (κ3) is 9.87. The number of hydrogen-bond acceptors (Lipinski definition) is 7. The van der Waals surface area contributed by atoms with Crippen molar-refractivity contribution in [2.45, 2.75) is 72.2 Å². The van der Waals surface area contributed by atoms with Gasteiger partial charge in [-0.3, -0.25) is 19.2 Å². The number of benzene rings is 2. The van der Waals surface area contributed by atoms with Gasteiger partial charge in [0, 0.05) is 23.6 Å². The van der Waals surface area contributed by atoms with E-state index in [-0.39, 0.29) is 23.4 Å². The molecule has 2 aromatic rings. The topological polar surface area (TPSA) is 184 Å². The summed E-state index contributed by atoms with van der Waals surface area (Å²) in [5, 5.41) is 28.2. The van der Waals surface area contributed by atoms with Crippen LogP contribution in [0.4, 0.5) is 4.39 Å². The molecule has 0 heterocycles. The molecule has 0 fully saturated rings. The van der Waals surface area contributed by atoms with Crippen LogP contribution in [0.15, 0.2) is 48.0 Å². The van der Waals surface area contributed by atoms with E-state index in [1.165, 1.54) is 37.3 Å². The lowest BCUT2D eigenvalue weighted by molar-refractivity contribution is -0.148. The summed E-state index contributed by atoms with van der Waals surface area (Å²) in [6, 6.07) is 12.6. The largest absolute Gasteiger partial charge is 0.493 e. The fourth-order valence-corrected chi connectivity index (χ4v) is 4.38. The highest BCUT2D eigenvalue weighted by Gasteiger charge is 2.53. The number of aliphatic hydroxyl groups is 1. The smallest absolute Gasteiger partial charge is 0.262 e. The van der Waals surface area contributed by atoms with Crippen LogP contribution < -0.4 is 26.4 Å². The lowest BCUT2D eigenvalue weighted by Crippen LogP contribution is -2.71. The van der Waals surface area contributed by atoms with E-state index in [9.17, 15) is 33.9 Å². The molecule has 4 amide bonds. The summed E-state index contributed by atoms with van der Waals surface area (Å²) in [5.41, 5.74) is 4.00. The lowest BCUT2D eigenvalue weighted by atomic mass is 9.77. The first-order valence-corrected chi connectivity index (χ1v) is 14.4. The van der Waals surface area contributed by atoms with Crippen LogP contribution in [-0.2, 0) is 25.7 Å². The van der Waals surface area contributed by atoms with Crippen molar-refractivity contribution < 1.29 is 33.4 Å². The van der Waals surface area contributed by atoms with Gasteiger partial charge in [-0.1, -0.05) is 38.1 Å². The maximum Gasteiger partial charge on any atom is 0.262 e. The first-order chi connectivity index (χ1) is 20.9. The maximum absolute atomic E-state index is 14.5. The predicted molar refractivity (Wildman–Crippen MR) is 166 cm³/mol. The van der Waals surface area contributed by atoms with Gasteiger partial charge in [0.25, 0.3) is 5.91 Å². The van der Waals surface area contributed by atoms with Crippen LogP contribution in [0.3, 0.4) is 0 Å². The minimum Gasteiger partial charge on any atom is -0.493 e. The summed E-state index contributed by atoms with van der Waals surface area (Å²) < 4.78 is 20.4. The number of primary amides is 1. The third-order valence-corrected chi connectivity index (χ3v) is 6.89. The van der Waals surface area contributed by atoms with Crippen molar-refractivity contribution in [3.8, 4) is 11.8 Å². The summed E-state index contributed by atoms with van der Waals surface area (Å²) in [6.45, 7) is 10.6. The molecule has 0 saturated carbocycles. The molecule has 0 bridgehead atoms. The Balaban J connectivity index is 2.49. The molecule has 0 spiro atoms. The number of halogens is 1. The Labute approximate surface area is 263 Å². The van der Waals surface area contributed by atoms with Gasteiger partial charge in [0.05, 0.1) is 6.10 Å². The Morgan fingerprint density at radius 1 is 1.07 bits per heavy atom. The van der Waals surface area contributed by atoms with Crippen LogP contribution in [0.5, 0.6) is 5.75 Å². The van der Waals surface area contributed by atoms with Crippen LogP contribution in [0.25, 0.3) is 6.08 Å². The molecule has 0 aliphatic carbocycles. The fraction of sp³-hybridized carbons (Fsp3) is 0.424. The molecule has 0 aliphatic rings. The number of nitrogens with two attached hydrogens (primary N) is 1. The maximum atomic E-state index is 14.5. The van der Waals surface area contributed by atoms with E-state index in [4.69, 9.17) is 10.5 Å². The number of ether oxygens (including phenoxy) is 1. The third-order valence-electron chi connectivity index (χ3n) is 6.89. The Hall–Kier alpha value is -4.76. The zero-order valence-corrected chi connectivity index (χ0v) is 26.7. The fourth-order valence-electron chi connectivity index (χ4n) is 4.38. The average Bonchev–Trinajstić information content (AvgIpc) is 2.93. The van der Waals surface area contributed by atoms with Gasteiger partial charge in [-0.15, -0.1) is 0 Å². The van der Waals surface area contributed by atoms with Gasteiger partial charge in [-0.2, -0.15) is 5.26 Å². The van der Waals surface area contributed by atoms with E-state index in [0.29, 0.717) is 11.1 Å². The monoisotopic (exact) mass is 623 g/mol. The lowest BCUT2D eigenvalue weighted by Gasteiger charge is -2.40. The molecule has 2 unspecified atom stereocenters. The van der Waals surface area contributed by atoms with Crippen molar-refractivity contribution >= 4 is 29.7 Å². The van der Waals surface area contributed by atoms with Crippen LogP contribution in [0, 0.1) is 35.9 Å². The highest BCUT2D eigenvalue weighted by molar-refractivity contribution is 6.02. The Kier molecular flexibility index (Phi) is 12.4. The van der Waals surface area contributed by atoms with E-state index in [2.05, 4.69) is 16.0 Å². The van der Waals surface area contributed by atoms with Crippen molar-refractivity contribution in [2.24, 2.45) is 17.6 Å². The number of aryl methyl sites for hydroxylation is 1. The summed E-state index contributed by atoms with van der Waals surface area (Å²) >= 11 is 0. The minimum absolute atomic E-state index is 0.152. The normalized spacial score (nSPS) is 14.4. The van der Waals surface area contributed by atoms with E-state index in [1.54, 1.807) is 59.7 Å². The van der Waals surface area contributed by atoms with Gasteiger partial charge in [0.1, 0.15) is 35.7 Å². The van der Waals surface area contributed by atoms with E-state index >= 15 is 0 Å². The van der Waals surface area contributed by atoms with Crippen molar-refractivity contribution in [3.63, 3.8) is 0 Å². The second-order valence-corrected chi connectivity index (χ2v) is 12.2. The summed E-state index contributed by atoms with van der Waals surface area (Å²) in [4.78, 5) is 52.0. The van der Waals surface area contributed by atoms with Crippen molar-refractivity contribution in [1.29, 1.82) is 5.26 Å². The Morgan fingerprint density at radius 3 is 2.27 bits per heavy atom. The molecular weight excluding hydrogens is 581 g/mol. The second kappa shape index (κ2) is 15.3. The SMILES string of the molecule is Cc1ccc(CNC(=O)[C@H](COc2cccc(C=C(C#N)C(=O)NC(C)(C)C)c2)C(NC(=O)C(C)C)(C(N)=O)C(C)O)c(F)c1. The van der Waals surface area contributed by atoms with Crippen molar-refractivity contribution in [3.05, 3.63) is 70.5 Å². The Morgan fingerprint density at radius 2 is 1.73 bits per heavy atom. The van der Waals surface area contributed by atoms with E-state index < -0.39 is 65.1 Å². The molecular formula is C33H42FN5O6. The van der Waals surface area contributed by atoms with Crippen LogP contribution >= 0.6 is 0 Å². The van der Waals surface area contributed by atoms with Gasteiger partial charge >= 0.3 is 0 Å². The van der Waals surface area contributed by atoms with Crippen LogP contribution in [0.1, 0.15) is 58.2 Å². The second-order valence-electron chi connectivity index (χ2n) is 12.2. The number of hydrogen-bond donors (Lipinski definition) is 5. The minimum atomic E-state index is -2.31. The molecule has 2 rings (SSSR count). The number of aliphatic hydroxyl groups excluding tert-OH is 1. The predicted octanol–water partition coefficient (Wildman–Crippen LogP) is 2.64. The number of carbonyl (C=O) groups is 4. The van der Waals surface area contributed by atoms with Gasteiger partial charge < -0.3 is 31.5 Å². The Bertz CT molecular complexity index is 1490. The molecule has 0 aromatic heterocycles. The standard InChI is InChI=1S/C33H42FN5O6/c1-19(2)28(41)39-33(21(4)40,31(36)44)26(30(43)37-17-23-12-11-20(3)13-27(23)34)18-45-25-10-8-9-22(15-25)14-24(16-35)29(42)38-32(5,6)7/h8-15,19,21,26,40H,17-18H2,1-7H3,(H2,36,44)(H,37,43)(H,38,42)(H,39,41)/t21?,26-,33?/m0/s1. The number of nitriles is 1. The molecule has 45 heavy (non-hydrogen) atoms. The molecule has 2 aromatic carbocycles. The van der Waals surface area contributed by atoms with Crippen LogP contribution in [0.2, 0.25) is 0 Å². The number of carbonyl (C=O) groups excluding carboxylic acids is 4. The number of rotatable bonds is 13. The zero-order valence-electron chi connectivity index (χ0n) is 26.7. The molecule has 242 valence electrons. The summed E-state index contributed by atoms with van der Waals surface area (Å²) in [6.07, 6.45) is -0.289.